The van der Waals surface area contributed by atoms with E-state index in [9.17, 15) is 8.42 Å². The molecule has 0 aliphatic heterocycles. The van der Waals surface area contributed by atoms with Crippen LogP contribution in [0.15, 0.2) is 0 Å². The normalized spacial score (nSPS) is 23.8. The molecule has 0 atom stereocenters. The average Bonchev–Trinajstić information content (AvgIpc) is 1.83. The Labute approximate surface area is 73.4 Å². The highest BCUT2D eigenvalue weighted by atomic mass is 32.2. The van der Waals surface area contributed by atoms with Crippen molar-refractivity contribution in [3.8, 4) is 0 Å². The van der Waals surface area contributed by atoms with Crippen LogP contribution in [-0.2, 0) is 10.0 Å². The first-order valence-corrected chi connectivity index (χ1v) is 5.92. The first-order chi connectivity index (χ1) is 5.41. The van der Waals surface area contributed by atoms with E-state index in [0.717, 1.165) is 32.1 Å². The van der Waals surface area contributed by atoms with Crippen molar-refractivity contribution >= 4 is 10.0 Å². The van der Waals surface area contributed by atoms with E-state index < -0.39 is 15.6 Å². The molecule has 5 heteroatoms. The summed E-state index contributed by atoms with van der Waals surface area (Å²) in [6, 6.07) is 0. The highest BCUT2D eigenvalue weighted by Crippen LogP contribution is 2.26. The molecule has 1 fully saturated rings. The molecule has 1 aliphatic carbocycles. The second-order valence-corrected chi connectivity index (χ2v) is 5.34. The van der Waals surface area contributed by atoms with Gasteiger partial charge >= 0.3 is 0 Å². The van der Waals surface area contributed by atoms with Gasteiger partial charge in [-0.25, -0.2) is 13.6 Å². The minimum absolute atomic E-state index is 0.0694. The Morgan fingerprint density at radius 1 is 1.17 bits per heavy atom. The van der Waals surface area contributed by atoms with Crippen molar-refractivity contribution in [2.45, 2.75) is 37.6 Å². The number of primary sulfonamides is 1. The molecule has 0 aromatic heterocycles. The van der Waals surface area contributed by atoms with Crippen LogP contribution >= 0.6 is 0 Å². The van der Waals surface area contributed by atoms with Crippen molar-refractivity contribution in [3.63, 3.8) is 0 Å². The fourth-order valence-electron chi connectivity index (χ4n) is 1.80. The molecule has 0 spiro atoms. The van der Waals surface area contributed by atoms with Gasteiger partial charge in [0.05, 0.1) is 5.75 Å². The third-order valence-corrected chi connectivity index (χ3v) is 3.32. The Morgan fingerprint density at radius 3 is 2.08 bits per heavy atom. The summed E-state index contributed by atoms with van der Waals surface area (Å²) >= 11 is 0. The largest absolute Gasteiger partial charge is 0.324 e. The van der Waals surface area contributed by atoms with Gasteiger partial charge < -0.3 is 5.73 Å². The van der Waals surface area contributed by atoms with E-state index >= 15 is 0 Å². The van der Waals surface area contributed by atoms with E-state index in [0.29, 0.717) is 0 Å². The van der Waals surface area contributed by atoms with Gasteiger partial charge in [0.2, 0.25) is 10.0 Å². The average molecular weight is 192 g/mol. The predicted molar refractivity (Wildman–Crippen MR) is 48.0 cm³/mol. The topological polar surface area (TPSA) is 86.2 Å². The van der Waals surface area contributed by atoms with Gasteiger partial charge in [-0.1, -0.05) is 19.3 Å². The van der Waals surface area contributed by atoms with Gasteiger partial charge in [0.15, 0.2) is 0 Å². The molecule has 4 N–H and O–H groups in total. The molecule has 0 aromatic carbocycles. The molecule has 1 saturated carbocycles. The summed E-state index contributed by atoms with van der Waals surface area (Å²) in [5.41, 5.74) is 5.34. The van der Waals surface area contributed by atoms with Crippen LogP contribution < -0.4 is 10.9 Å². The lowest BCUT2D eigenvalue weighted by Crippen LogP contribution is -2.49. The van der Waals surface area contributed by atoms with Gasteiger partial charge in [-0.05, 0) is 12.8 Å². The summed E-state index contributed by atoms with van der Waals surface area (Å²) in [4.78, 5) is 0. The third-order valence-electron chi connectivity index (χ3n) is 2.34. The molecule has 1 aliphatic rings. The maximum atomic E-state index is 10.8. The van der Waals surface area contributed by atoms with Gasteiger partial charge in [-0.15, -0.1) is 0 Å². The Kier molecular flexibility index (Phi) is 2.75. The minimum atomic E-state index is -3.41. The zero-order chi connectivity index (χ0) is 9.24. The first-order valence-electron chi connectivity index (χ1n) is 4.21. The zero-order valence-electron chi connectivity index (χ0n) is 7.12. The van der Waals surface area contributed by atoms with E-state index in [2.05, 4.69) is 0 Å². The summed E-state index contributed by atoms with van der Waals surface area (Å²) in [6.45, 7) is 0. The molecule has 0 heterocycles. The van der Waals surface area contributed by atoms with E-state index in [4.69, 9.17) is 10.9 Å². The predicted octanol–water partition coefficient (Wildman–Crippen LogP) is -0.0635. The van der Waals surface area contributed by atoms with E-state index in [1.54, 1.807) is 0 Å². The molecule has 0 unspecified atom stereocenters. The SMILES string of the molecule is NC1(CS(N)(=O)=O)CCCCC1. The van der Waals surface area contributed by atoms with E-state index in [1.165, 1.54) is 0 Å². The second kappa shape index (κ2) is 3.32. The van der Waals surface area contributed by atoms with Crippen molar-refractivity contribution in [2.24, 2.45) is 10.9 Å². The van der Waals surface area contributed by atoms with Gasteiger partial charge in [0.25, 0.3) is 0 Å². The maximum Gasteiger partial charge on any atom is 0.210 e. The van der Waals surface area contributed by atoms with Crippen LogP contribution in [-0.4, -0.2) is 19.7 Å². The summed E-state index contributed by atoms with van der Waals surface area (Å²) in [7, 11) is -3.41. The summed E-state index contributed by atoms with van der Waals surface area (Å²) < 4.78 is 21.6. The maximum absolute atomic E-state index is 10.8. The molecule has 0 bridgehead atoms. The molecule has 12 heavy (non-hydrogen) atoms. The smallest absolute Gasteiger partial charge is 0.210 e. The van der Waals surface area contributed by atoms with Crippen LogP contribution in [0.5, 0.6) is 0 Å². The standard InChI is InChI=1S/C7H16N2O2S/c8-7(6-12(9,10)11)4-2-1-3-5-7/h1-6,8H2,(H2,9,10,11). The summed E-state index contributed by atoms with van der Waals surface area (Å²) in [5.74, 6) is -0.0694. The van der Waals surface area contributed by atoms with Crippen LogP contribution in [0.2, 0.25) is 0 Å². The van der Waals surface area contributed by atoms with Crippen LogP contribution in [0.4, 0.5) is 0 Å². The lowest BCUT2D eigenvalue weighted by atomic mass is 9.84. The minimum Gasteiger partial charge on any atom is -0.324 e. The van der Waals surface area contributed by atoms with Gasteiger partial charge in [0, 0.05) is 5.54 Å². The first kappa shape index (κ1) is 9.95. The Bertz CT molecular complexity index is 242. The van der Waals surface area contributed by atoms with Crippen LogP contribution in [0.3, 0.4) is 0 Å². The van der Waals surface area contributed by atoms with Gasteiger partial charge in [0.1, 0.15) is 0 Å². The Hall–Kier alpha value is -0.130. The van der Waals surface area contributed by atoms with Crippen LogP contribution in [0.1, 0.15) is 32.1 Å². The molecule has 1 rings (SSSR count). The number of rotatable bonds is 2. The van der Waals surface area contributed by atoms with E-state index in [1.807, 2.05) is 0 Å². The molecular weight excluding hydrogens is 176 g/mol. The monoisotopic (exact) mass is 192 g/mol. The Morgan fingerprint density at radius 2 is 1.67 bits per heavy atom. The zero-order valence-corrected chi connectivity index (χ0v) is 7.94. The number of hydrogen-bond acceptors (Lipinski definition) is 3. The lowest BCUT2D eigenvalue weighted by molar-refractivity contribution is 0.324. The summed E-state index contributed by atoms with van der Waals surface area (Å²) in [5, 5.41) is 4.94. The number of sulfonamides is 1. The van der Waals surface area contributed by atoms with Crippen molar-refractivity contribution in [1.82, 2.24) is 0 Å². The number of hydrogen-bond donors (Lipinski definition) is 2. The molecule has 0 amide bonds. The lowest BCUT2D eigenvalue weighted by Gasteiger charge is -2.32. The Balaban J connectivity index is 2.59. The second-order valence-electron chi connectivity index (χ2n) is 3.73. The van der Waals surface area contributed by atoms with Crippen molar-refractivity contribution in [1.29, 1.82) is 0 Å². The highest BCUT2D eigenvalue weighted by molar-refractivity contribution is 7.89. The fraction of sp³-hybridized carbons (Fsp3) is 1.00. The van der Waals surface area contributed by atoms with Crippen LogP contribution in [0.25, 0.3) is 0 Å². The molecular formula is C7H16N2O2S. The van der Waals surface area contributed by atoms with Crippen LogP contribution in [0, 0.1) is 0 Å². The van der Waals surface area contributed by atoms with E-state index in [-0.39, 0.29) is 5.75 Å². The summed E-state index contributed by atoms with van der Waals surface area (Å²) in [6.07, 6.45) is 4.76. The van der Waals surface area contributed by atoms with Crippen molar-refractivity contribution in [2.75, 3.05) is 5.75 Å². The molecule has 0 radical (unpaired) electrons. The molecule has 0 aromatic rings. The highest BCUT2D eigenvalue weighted by Gasteiger charge is 2.31. The van der Waals surface area contributed by atoms with Gasteiger partial charge in [-0.3, -0.25) is 0 Å². The van der Waals surface area contributed by atoms with Gasteiger partial charge in [-0.2, -0.15) is 0 Å². The molecule has 4 nitrogen and oxygen atoms in total. The van der Waals surface area contributed by atoms with Crippen molar-refractivity contribution in [3.05, 3.63) is 0 Å². The molecule has 0 saturated heterocycles. The number of nitrogens with two attached hydrogens (primary N) is 2. The van der Waals surface area contributed by atoms with Crippen molar-refractivity contribution < 1.29 is 8.42 Å². The molecule has 72 valence electrons. The fourth-order valence-corrected chi connectivity index (χ4v) is 2.89. The third kappa shape index (κ3) is 3.08. The quantitative estimate of drug-likeness (QED) is 0.642.